The molecule has 3 aliphatic heterocycles. The first-order valence-electron chi connectivity index (χ1n) is 20.1. The van der Waals surface area contributed by atoms with Crippen molar-refractivity contribution < 1.29 is 19.5 Å². The molecule has 58 heavy (non-hydrogen) atoms. The summed E-state index contributed by atoms with van der Waals surface area (Å²) in [6.07, 6.45) is 0.816. The molecule has 1 aliphatic carbocycles. The monoisotopic (exact) mass is 818 g/mol. The Bertz CT molecular complexity index is 2860. The van der Waals surface area contributed by atoms with Gasteiger partial charge in [-0.15, -0.1) is 0 Å². The topological polar surface area (TPSA) is 116 Å². The van der Waals surface area contributed by atoms with E-state index in [-0.39, 0.29) is 19.5 Å². The second-order valence-electron chi connectivity index (χ2n) is 16.9. The first-order chi connectivity index (χ1) is 26.8. The number of nitrogens with two attached hydrogens (primary N) is 1. The maximum atomic E-state index is 6.64. The molecule has 8 nitrogen and oxygen atoms in total. The summed E-state index contributed by atoms with van der Waals surface area (Å²) in [6.45, 7) is 35.5. The third-order valence-corrected chi connectivity index (χ3v) is 14.2. The molecule has 0 saturated carbocycles. The fourth-order valence-electron chi connectivity index (χ4n) is 9.46. The summed E-state index contributed by atoms with van der Waals surface area (Å²) >= 11 is 0. The van der Waals surface area contributed by atoms with E-state index >= 15 is 0 Å². The van der Waals surface area contributed by atoms with Gasteiger partial charge in [0.05, 0.1) is 24.1 Å². The standard InChI is InChI=1S/C49H54N8.Zn/c1-19-17-20(2)36-39(29(11)21(19)3)47(55-45(36)54-46-40-32(14)25(7)24(6)31(13)38(40)43(50)52-46)56-49-42-34(16)27(9)26(8)33(15)41(42)48(57-49)53-44-37-30(12)23(5)22(4)28(10)35(37)18-51-44;/h17-18,50H2,1-16H3;/q-2;+2. The molecule has 0 unspecified atom stereocenters. The Morgan fingerprint density at radius 3 is 1.59 bits per heavy atom. The number of fused-ring (bicyclic) bond motifs is 4. The van der Waals surface area contributed by atoms with Gasteiger partial charge in [0, 0.05) is 40.0 Å². The van der Waals surface area contributed by atoms with Crippen molar-refractivity contribution in [3.05, 3.63) is 128 Å². The summed E-state index contributed by atoms with van der Waals surface area (Å²) in [5.74, 6) is 4.29. The minimum atomic E-state index is 0. The van der Waals surface area contributed by atoms with E-state index in [4.69, 9.17) is 41.0 Å². The van der Waals surface area contributed by atoms with Crippen LogP contribution in [0.1, 0.15) is 123 Å². The number of hydrogen-bond donors (Lipinski definition) is 1. The van der Waals surface area contributed by atoms with E-state index in [0.717, 1.165) is 78.7 Å². The molecule has 1 aromatic heterocycles. The number of anilines is 1. The van der Waals surface area contributed by atoms with E-state index in [0.29, 0.717) is 41.5 Å². The molecule has 0 saturated heterocycles. The van der Waals surface area contributed by atoms with Crippen LogP contribution in [0.5, 0.6) is 0 Å². The molecule has 9 heteroatoms. The largest absolute Gasteiger partial charge is 2.00 e. The minimum absolute atomic E-state index is 0. The molecule has 0 bridgehead atoms. The van der Waals surface area contributed by atoms with Crippen molar-refractivity contribution in [1.82, 2.24) is 4.98 Å². The summed E-state index contributed by atoms with van der Waals surface area (Å²) < 4.78 is 0. The average Bonchev–Trinajstić information content (AvgIpc) is 3.93. The van der Waals surface area contributed by atoms with E-state index in [2.05, 4.69) is 111 Å². The van der Waals surface area contributed by atoms with Crippen LogP contribution in [-0.2, 0) is 26.0 Å². The van der Waals surface area contributed by atoms with Crippen molar-refractivity contribution in [3.8, 4) is 0 Å². The number of rotatable bonds is 1. The van der Waals surface area contributed by atoms with Gasteiger partial charge in [-0.25, -0.2) is 4.99 Å². The van der Waals surface area contributed by atoms with Crippen LogP contribution in [0, 0.1) is 83.1 Å². The molecular formula is C49H54N8Zn. The number of nitrogens with zero attached hydrogens (tertiary/aromatic N) is 7. The number of aromatic nitrogens is 1. The fourth-order valence-corrected chi connectivity index (χ4v) is 9.46. The fraction of sp³-hybridized carbons (Fsp3) is 0.367. The van der Waals surface area contributed by atoms with Crippen molar-refractivity contribution in [3.63, 3.8) is 0 Å². The molecule has 2 N–H and O–H groups in total. The first-order valence-corrected chi connectivity index (χ1v) is 20.1. The molecule has 0 spiro atoms. The van der Waals surface area contributed by atoms with Crippen LogP contribution in [0.2, 0.25) is 0 Å². The molecule has 0 amide bonds. The van der Waals surface area contributed by atoms with Gasteiger partial charge in [0.15, 0.2) is 0 Å². The predicted octanol–water partition coefficient (Wildman–Crippen LogP) is 11.4. The van der Waals surface area contributed by atoms with Crippen LogP contribution >= 0.6 is 0 Å². The zero-order valence-electron chi connectivity index (χ0n) is 37.3. The Morgan fingerprint density at radius 2 is 1.00 bits per heavy atom. The van der Waals surface area contributed by atoms with Crippen LogP contribution in [0.3, 0.4) is 0 Å². The number of benzene rings is 3. The number of aryl methyl sites for hydroxylation is 2. The van der Waals surface area contributed by atoms with Gasteiger partial charge in [-0.2, -0.15) is 0 Å². The Labute approximate surface area is 356 Å². The maximum Gasteiger partial charge on any atom is 2.00 e. The average molecular weight is 820 g/mol. The van der Waals surface area contributed by atoms with Gasteiger partial charge >= 0.3 is 19.5 Å². The Kier molecular flexibility index (Phi) is 10.2. The molecule has 3 aromatic carbocycles. The van der Waals surface area contributed by atoms with Crippen LogP contribution < -0.4 is 10.7 Å². The second kappa shape index (κ2) is 14.4. The number of allylic oxidation sites excluding steroid dienone is 4. The van der Waals surface area contributed by atoms with Crippen molar-refractivity contribution in [1.29, 1.82) is 0 Å². The molecular weight excluding hydrogens is 766 g/mol. The van der Waals surface area contributed by atoms with Crippen molar-refractivity contribution in [2.75, 3.05) is 5.73 Å². The Morgan fingerprint density at radius 1 is 0.500 bits per heavy atom. The van der Waals surface area contributed by atoms with Crippen molar-refractivity contribution >= 4 is 51.6 Å². The molecule has 4 aromatic rings. The molecule has 4 aliphatic rings. The minimum Gasteiger partial charge on any atom is -0.455 e. The van der Waals surface area contributed by atoms with Gasteiger partial charge in [-0.1, -0.05) is 11.1 Å². The normalized spacial score (nSPS) is 18.4. The Hall–Kier alpha value is -5.01. The van der Waals surface area contributed by atoms with Crippen molar-refractivity contribution in [2.45, 2.75) is 124 Å². The summed E-state index contributed by atoms with van der Waals surface area (Å²) in [6, 6.07) is 0. The SMILES string of the molecule is CC1=C(C)C(C)=C2C(N=C3[N-]C(=NC4=NCc5c(C)c(C)c(C)c(C)c54)c4c(C)c(C)c(C)c(C)c43)=N/C(=N\c3[n-]c(N)c4c(C)c(C)c(C)c(C)c34)C2=C(C)C1.[Zn+2]. The quantitative estimate of drug-likeness (QED) is 0.193. The molecule has 4 heterocycles. The van der Waals surface area contributed by atoms with Crippen molar-refractivity contribution in [2.24, 2.45) is 25.0 Å². The van der Waals surface area contributed by atoms with E-state index in [9.17, 15) is 0 Å². The van der Waals surface area contributed by atoms with E-state index in [1.54, 1.807) is 0 Å². The predicted molar refractivity (Wildman–Crippen MR) is 241 cm³/mol. The maximum absolute atomic E-state index is 6.64. The number of hydrogen-bond acceptors (Lipinski definition) is 5. The van der Waals surface area contributed by atoms with Gasteiger partial charge < -0.3 is 31.0 Å². The Balaban J connectivity index is 0.00000512. The third-order valence-electron chi connectivity index (χ3n) is 14.2. The van der Waals surface area contributed by atoms with E-state index in [1.165, 1.54) is 66.8 Å². The first kappa shape index (κ1) is 41.2. The number of amidine groups is 5. The number of nitrogen functional groups attached to an aromatic ring is 1. The summed E-state index contributed by atoms with van der Waals surface area (Å²) in [5, 5.41) is 7.26. The van der Waals surface area contributed by atoms with Crippen LogP contribution in [0.25, 0.3) is 16.1 Å². The number of aliphatic imine (C=N–C) groups is 5. The zero-order chi connectivity index (χ0) is 41.3. The van der Waals surface area contributed by atoms with Gasteiger partial charge in [0.25, 0.3) is 0 Å². The summed E-state index contributed by atoms with van der Waals surface area (Å²) in [4.78, 5) is 31.2. The summed E-state index contributed by atoms with van der Waals surface area (Å²) in [5.41, 5.74) is 32.6. The van der Waals surface area contributed by atoms with Crippen LogP contribution in [0.4, 0.5) is 11.6 Å². The van der Waals surface area contributed by atoms with Gasteiger partial charge in [0.2, 0.25) is 0 Å². The van der Waals surface area contributed by atoms with E-state index in [1.807, 2.05) is 0 Å². The van der Waals surface area contributed by atoms with E-state index < -0.39 is 0 Å². The smallest absolute Gasteiger partial charge is 0.455 e. The zero-order valence-corrected chi connectivity index (χ0v) is 40.3. The van der Waals surface area contributed by atoms with Gasteiger partial charge in [-0.3, -0.25) is 4.99 Å². The van der Waals surface area contributed by atoms with Gasteiger partial charge in [0.1, 0.15) is 0 Å². The molecule has 8 rings (SSSR count). The molecule has 0 fully saturated rings. The molecule has 0 radical (unpaired) electrons. The van der Waals surface area contributed by atoms with Crippen LogP contribution in [-0.4, -0.2) is 29.2 Å². The second-order valence-corrected chi connectivity index (χ2v) is 16.9. The van der Waals surface area contributed by atoms with Gasteiger partial charge in [-0.05, 0) is 223 Å². The molecule has 292 valence electrons. The van der Waals surface area contributed by atoms with Crippen LogP contribution in [0.15, 0.2) is 58.4 Å². The third kappa shape index (κ3) is 5.82. The molecule has 0 atom stereocenters. The summed E-state index contributed by atoms with van der Waals surface area (Å²) in [7, 11) is 0.